The summed E-state index contributed by atoms with van der Waals surface area (Å²) < 4.78 is 5.32. The smallest absolute Gasteiger partial charge is 0.311 e. The predicted octanol–water partition coefficient (Wildman–Crippen LogP) is 2.70. The Labute approximate surface area is 149 Å². The van der Waals surface area contributed by atoms with Crippen molar-refractivity contribution >= 4 is 29.7 Å². The van der Waals surface area contributed by atoms with Crippen LogP contribution in [-0.4, -0.2) is 22.5 Å². The molecular formula is C19H17NO4S. The highest BCUT2D eigenvalue weighted by Crippen LogP contribution is 2.28. The van der Waals surface area contributed by atoms with Gasteiger partial charge in [0.15, 0.2) is 5.56 Å². The number of aryl methyl sites for hydroxylation is 1. The van der Waals surface area contributed by atoms with Crippen molar-refractivity contribution in [3.63, 3.8) is 0 Å². The maximum absolute atomic E-state index is 11.9. The molecule has 0 aromatic heterocycles. The summed E-state index contributed by atoms with van der Waals surface area (Å²) >= 11 is 1.06. The van der Waals surface area contributed by atoms with Crippen LogP contribution in [0.5, 0.6) is 5.75 Å². The molecule has 1 aliphatic heterocycles. The van der Waals surface area contributed by atoms with E-state index in [9.17, 15) is 14.7 Å². The van der Waals surface area contributed by atoms with Crippen molar-refractivity contribution in [3.8, 4) is 5.75 Å². The molecule has 128 valence electrons. The molecule has 0 bridgehead atoms. The average Bonchev–Trinajstić information content (AvgIpc) is 2.93. The number of benzene rings is 2. The van der Waals surface area contributed by atoms with E-state index in [4.69, 9.17) is 4.74 Å². The summed E-state index contributed by atoms with van der Waals surface area (Å²) in [7, 11) is 0. The van der Waals surface area contributed by atoms with Gasteiger partial charge in [-0.2, -0.15) is 0 Å². The molecule has 0 radical (unpaired) electrons. The number of aliphatic hydroxyl groups excluding tert-OH is 1. The minimum atomic E-state index is -0.899. The Morgan fingerprint density at radius 3 is 2.52 bits per heavy atom. The number of nitrogens with one attached hydrogen (secondary N) is 1. The van der Waals surface area contributed by atoms with Crippen LogP contribution in [-0.2, 0) is 16.0 Å². The van der Waals surface area contributed by atoms with Crippen molar-refractivity contribution < 1.29 is 19.4 Å². The summed E-state index contributed by atoms with van der Waals surface area (Å²) in [5.74, 6) is -0.124. The van der Waals surface area contributed by atoms with E-state index < -0.39 is 5.56 Å². The van der Waals surface area contributed by atoms with Crippen molar-refractivity contribution in [1.82, 2.24) is 5.32 Å². The summed E-state index contributed by atoms with van der Waals surface area (Å²) in [5.41, 5.74) is 0.982. The Balaban J connectivity index is 1.54. The molecule has 1 amide bonds. The van der Waals surface area contributed by atoms with E-state index in [2.05, 4.69) is 5.32 Å². The van der Waals surface area contributed by atoms with E-state index in [1.54, 1.807) is 30.3 Å². The van der Waals surface area contributed by atoms with Crippen LogP contribution in [0.2, 0.25) is 0 Å². The number of thioether (sulfide) groups is 1. The summed E-state index contributed by atoms with van der Waals surface area (Å²) in [4.78, 5) is 23.9. The molecule has 1 heterocycles. The van der Waals surface area contributed by atoms with E-state index in [0.717, 1.165) is 22.9 Å². The van der Waals surface area contributed by atoms with Crippen LogP contribution < -0.4 is 10.1 Å². The van der Waals surface area contributed by atoms with Crippen molar-refractivity contribution in [2.24, 2.45) is 0 Å². The lowest BCUT2D eigenvalue weighted by atomic mass is 10.1. The van der Waals surface area contributed by atoms with E-state index in [0.29, 0.717) is 23.5 Å². The van der Waals surface area contributed by atoms with Crippen LogP contribution >= 0.6 is 11.8 Å². The van der Waals surface area contributed by atoms with E-state index in [-0.39, 0.29) is 11.9 Å². The van der Waals surface area contributed by atoms with Crippen molar-refractivity contribution in [1.29, 1.82) is 0 Å². The molecule has 6 heteroatoms. The fourth-order valence-electron chi connectivity index (χ4n) is 2.34. The number of aliphatic hydroxyl groups is 1. The number of hydrogen-bond acceptors (Lipinski definition) is 5. The Morgan fingerprint density at radius 2 is 1.88 bits per heavy atom. The lowest BCUT2D eigenvalue weighted by Gasteiger charge is -2.05. The topological polar surface area (TPSA) is 75.6 Å². The molecule has 2 N–H and O–H groups in total. The lowest BCUT2D eigenvalue weighted by Crippen LogP contribution is -2.23. The minimum Gasteiger partial charge on any atom is -0.427 e. The monoisotopic (exact) mass is 355 g/mol. The number of ether oxygens (including phenoxy) is 1. The van der Waals surface area contributed by atoms with Gasteiger partial charge >= 0.3 is 5.97 Å². The number of amides is 1. The maximum atomic E-state index is 11.9. The molecule has 25 heavy (non-hydrogen) atoms. The van der Waals surface area contributed by atoms with Crippen molar-refractivity contribution in [2.45, 2.75) is 18.4 Å². The van der Waals surface area contributed by atoms with Crippen LogP contribution in [0.15, 0.2) is 59.5 Å². The largest absolute Gasteiger partial charge is 0.427 e. The van der Waals surface area contributed by atoms with Crippen LogP contribution in [0.4, 0.5) is 0 Å². The maximum Gasteiger partial charge on any atom is 0.311 e. The Morgan fingerprint density at radius 1 is 1.16 bits per heavy atom. The molecule has 1 saturated heterocycles. The highest BCUT2D eigenvalue weighted by molar-refractivity contribution is 8.05. The van der Waals surface area contributed by atoms with E-state index in [1.807, 2.05) is 30.3 Å². The second-order valence-corrected chi connectivity index (χ2v) is 6.60. The molecule has 0 saturated carbocycles. The zero-order valence-electron chi connectivity index (χ0n) is 13.3. The fraction of sp³-hybridized carbons (Fsp3) is 0.158. The summed E-state index contributed by atoms with van der Waals surface area (Å²) in [6.07, 6.45) is 2.63. The van der Waals surface area contributed by atoms with E-state index in [1.165, 1.54) is 0 Å². The SMILES string of the molecule is O=C(CCc1ccccc1)Oc1ccc(/C=C2\SC(O)NC2=O)cc1. The van der Waals surface area contributed by atoms with E-state index >= 15 is 0 Å². The number of hydrogen-bond donors (Lipinski definition) is 2. The quantitative estimate of drug-likeness (QED) is 0.490. The Bertz CT molecular complexity index is 787. The van der Waals surface area contributed by atoms with Crippen LogP contribution in [0.1, 0.15) is 17.5 Å². The van der Waals surface area contributed by atoms with Gasteiger partial charge in [-0.05, 0) is 35.8 Å². The molecule has 5 nitrogen and oxygen atoms in total. The molecule has 1 aliphatic rings. The third-order valence-electron chi connectivity index (χ3n) is 3.59. The third kappa shape index (κ3) is 4.95. The zero-order chi connectivity index (χ0) is 17.6. The molecule has 0 spiro atoms. The zero-order valence-corrected chi connectivity index (χ0v) is 14.2. The van der Waals surface area contributed by atoms with Gasteiger partial charge in [-0.25, -0.2) is 0 Å². The van der Waals surface area contributed by atoms with Crippen LogP contribution in [0.3, 0.4) is 0 Å². The first kappa shape index (κ1) is 17.3. The van der Waals surface area contributed by atoms with Crippen molar-refractivity contribution in [3.05, 3.63) is 70.6 Å². The highest BCUT2D eigenvalue weighted by Gasteiger charge is 2.24. The van der Waals surface area contributed by atoms with Crippen molar-refractivity contribution in [2.75, 3.05) is 0 Å². The third-order valence-corrected chi connectivity index (χ3v) is 4.49. The second-order valence-electron chi connectivity index (χ2n) is 5.48. The number of esters is 1. The number of rotatable bonds is 5. The number of carbonyl (C=O) groups excluding carboxylic acids is 2. The predicted molar refractivity (Wildman–Crippen MR) is 96.6 cm³/mol. The highest BCUT2D eigenvalue weighted by atomic mass is 32.2. The first-order valence-electron chi connectivity index (χ1n) is 7.82. The Hall–Kier alpha value is -2.57. The number of carbonyl (C=O) groups is 2. The normalized spacial score (nSPS) is 18.2. The first-order valence-corrected chi connectivity index (χ1v) is 8.70. The lowest BCUT2D eigenvalue weighted by molar-refractivity contribution is -0.134. The molecule has 1 fully saturated rings. The summed E-state index contributed by atoms with van der Waals surface area (Å²) in [5, 5.41) is 11.8. The molecule has 3 rings (SSSR count). The molecule has 1 unspecified atom stereocenters. The first-order chi connectivity index (χ1) is 12.1. The molecule has 2 aromatic rings. The van der Waals surface area contributed by atoms with Gasteiger partial charge in [0.2, 0.25) is 0 Å². The minimum absolute atomic E-state index is 0.288. The Kier molecular flexibility index (Phi) is 5.53. The molecular weight excluding hydrogens is 338 g/mol. The van der Waals surface area contributed by atoms with Gasteiger partial charge in [0.1, 0.15) is 5.75 Å². The molecule has 2 aromatic carbocycles. The average molecular weight is 355 g/mol. The summed E-state index contributed by atoms with van der Waals surface area (Å²) in [6, 6.07) is 16.6. The molecule has 0 aliphatic carbocycles. The van der Waals surface area contributed by atoms with Gasteiger partial charge in [0.25, 0.3) is 5.91 Å². The standard InChI is InChI=1S/C19H17NO4S/c21-17(11-8-13-4-2-1-3-5-13)24-15-9-6-14(7-10-15)12-16-18(22)20-19(23)25-16/h1-7,9-10,12,19,23H,8,11H2,(H,20,22)/b16-12-. The van der Waals surface area contributed by atoms with Gasteiger partial charge in [-0.15, -0.1) is 0 Å². The van der Waals surface area contributed by atoms with Gasteiger partial charge < -0.3 is 15.2 Å². The second kappa shape index (κ2) is 8.00. The fourth-order valence-corrected chi connectivity index (χ4v) is 3.12. The van der Waals surface area contributed by atoms with Gasteiger partial charge in [-0.1, -0.05) is 54.2 Å². The van der Waals surface area contributed by atoms with Crippen LogP contribution in [0, 0.1) is 0 Å². The van der Waals surface area contributed by atoms with Gasteiger partial charge in [0, 0.05) is 6.42 Å². The van der Waals surface area contributed by atoms with Crippen LogP contribution in [0.25, 0.3) is 6.08 Å². The van der Waals surface area contributed by atoms with Gasteiger partial charge in [-0.3, -0.25) is 9.59 Å². The summed E-state index contributed by atoms with van der Waals surface area (Å²) in [6.45, 7) is 0. The molecule has 1 atom stereocenters. The van der Waals surface area contributed by atoms with Gasteiger partial charge in [0.05, 0.1) is 4.91 Å².